The van der Waals surface area contributed by atoms with Gasteiger partial charge in [-0.3, -0.25) is 14.0 Å². The van der Waals surface area contributed by atoms with Gasteiger partial charge in [-0.25, -0.2) is 8.42 Å². The molecule has 0 unspecified atom stereocenters. The van der Waals surface area contributed by atoms with E-state index in [2.05, 4.69) is 10.2 Å². The van der Waals surface area contributed by atoms with Gasteiger partial charge in [0.05, 0.1) is 25.2 Å². The Kier molecular flexibility index (Phi) is 8.18. The maximum atomic E-state index is 12.4. The van der Waals surface area contributed by atoms with Crippen LogP contribution in [0.4, 0.5) is 5.69 Å². The molecule has 2 aromatic rings. The van der Waals surface area contributed by atoms with Gasteiger partial charge in [0.15, 0.2) is 0 Å². The van der Waals surface area contributed by atoms with Crippen LogP contribution in [0.3, 0.4) is 0 Å². The summed E-state index contributed by atoms with van der Waals surface area (Å²) in [7, 11) is -3.71. The lowest BCUT2D eigenvalue weighted by Gasteiger charge is -2.26. The van der Waals surface area contributed by atoms with Crippen LogP contribution in [0.2, 0.25) is 10.0 Å². The first-order chi connectivity index (χ1) is 14.7. The van der Waals surface area contributed by atoms with Gasteiger partial charge in [-0.15, -0.1) is 0 Å². The number of hydrogen-bond donors (Lipinski definition) is 1. The van der Waals surface area contributed by atoms with Crippen LogP contribution < -0.4 is 9.62 Å². The minimum absolute atomic E-state index is 0.239. The van der Waals surface area contributed by atoms with Crippen molar-refractivity contribution in [3.05, 3.63) is 63.6 Å². The Morgan fingerprint density at radius 1 is 1.06 bits per heavy atom. The van der Waals surface area contributed by atoms with E-state index in [0.29, 0.717) is 6.54 Å². The van der Waals surface area contributed by atoms with E-state index < -0.39 is 15.9 Å². The molecule has 1 amide bonds. The lowest BCUT2D eigenvalue weighted by molar-refractivity contribution is -0.119. The lowest BCUT2D eigenvalue weighted by atomic mass is 10.1. The average molecular weight is 486 g/mol. The molecule has 168 valence electrons. The first-order valence-electron chi connectivity index (χ1n) is 9.79. The number of morpholine rings is 1. The first-order valence-corrected chi connectivity index (χ1v) is 12.4. The number of ether oxygens (including phenoxy) is 1. The number of carbonyl (C=O) groups excluding carboxylic acids is 1. The third kappa shape index (κ3) is 7.36. The Balaban J connectivity index is 1.57. The summed E-state index contributed by atoms with van der Waals surface area (Å²) in [5.74, 6) is -0.432. The number of sulfonamides is 1. The second-order valence-electron chi connectivity index (χ2n) is 7.38. The maximum absolute atomic E-state index is 12.4. The highest BCUT2D eigenvalue weighted by Crippen LogP contribution is 2.26. The molecule has 0 radical (unpaired) electrons. The molecule has 3 rings (SSSR count). The predicted octanol–water partition coefficient (Wildman–Crippen LogP) is 2.91. The van der Waals surface area contributed by atoms with Crippen LogP contribution in [-0.4, -0.2) is 58.3 Å². The number of hydrogen-bond acceptors (Lipinski definition) is 5. The summed E-state index contributed by atoms with van der Waals surface area (Å²) in [4.78, 5) is 14.8. The van der Waals surface area contributed by atoms with Gasteiger partial charge in [-0.1, -0.05) is 47.5 Å². The van der Waals surface area contributed by atoms with E-state index in [0.717, 1.165) is 49.0 Å². The fourth-order valence-corrected chi connectivity index (χ4v) is 4.60. The van der Waals surface area contributed by atoms with Crippen LogP contribution >= 0.6 is 23.2 Å². The zero-order chi connectivity index (χ0) is 22.4. The number of nitrogens with zero attached hydrogens (tertiary/aromatic N) is 2. The molecule has 0 spiro atoms. The summed E-state index contributed by atoms with van der Waals surface area (Å²) in [6, 6.07) is 12.4. The van der Waals surface area contributed by atoms with Gasteiger partial charge in [0.2, 0.25) is 15.9 Å². The number of carbonyl (C=O) groups is 1. The Bertz CT molecular complexity index is 990. The van der Waals surface area contributed by atoms with Crippen molar-refractivity contribution in [1.29, 1.82) is 0 Å². The number of benzene rings is 2. The van der Waals surface area contributed by atoms with Crippen molar-refractivity contribution < 1.29 is 17.9 Å². The highest BCUT2D eigenvalue weighted by Gasteiger charge is 2.21. The molecule has 1 heterocycles. The fraction of sp³-hybridized carbons (Fsp3) is 0.381. The van der Waals surface area contributed by atoms with E-state index in [1.165, 1.54) is 23.8 Å². The fourth-order valence-electron chi connectivity index (χ4n) is 3.25. The lowest BCUT2D eigenvalue weighted by Crippen LogP contribution is -2.40. The molecule has 1 saturated heterocycles. The molecule has 1 aliphatic rings. The monoisotopic (exact) mass is 485 g/mol. The highest BCUT2D eigenvalue weighted by molar-refractivity contribution is 7.92. The van der Waals surface area contributed by atoms with Crippen molar-refractivity contribution in [2.75, 3.05) is 43.4 Å². The standard InChI is InChI=1S/C21H25Cl2N3O4S/c1-31(28,29)26(20-11-18(22)10-19(23)12-20)15-21(27)24-13-16-2-4-17(5-3-16)14-25-6-8-30-9-7-25/h2-5,10-12H,6-9,13-15H2,1H3,(H,24,27). The van der Waals surface area contributed by atoms with Gasteiger partial charge in [0, 0.05) is 36.2 Å². The summed E-state index contributed by atoms with van der Waals surface area (Å²) >= 11 is 12.0. The highest BCUT2D eigenvalue weighted by atomic mass is 35.5. The normalized spacial score (nSPS) is 14.9. The van der Waals surface area contributed by atoms with Crippen molar-refractivity contribution in [1.82, 2.24) is 10.2 Å². The molecule has 0 aliphatic carbocycles. The molecular weight excluding hydrogens is 461 g/mol. The Morgan fingerprint density at radius 2 is 1.65 bits per heavy atom. The van der Waals surface area contributed by atoms with Crippen LogP contribution in [0.25, 0.3) is 0 Å². The third-order valence-electron chi connectivity index (χ3n) is 4.85. The Hall–Kier alpha value is -1.84. The van der Waals surface area contributed by atoms with Crippen LogP contribution in [0.15, 0.2) is 42.5 Å². The average Bonchev–Trinajstić information content (AvgIpc) is 2.71. The minimum atomic E-state index is -3.71. The Morgan fingerprint density at radius 3 is 2.23 bits per heavy atom. The number of halogens is 2. The van der Waals surface area contributed by atoms with Gasteiger partial charge in [-0.2, -0.15) is 0 Å². The molecule has 1 aliphatic heterocycles. The molecule has 31 heavy (non-hydrogen) atoms. The number of amides is 1. The van der Waals surface area contributed by atoms with E-state index >= 15 is 0 Å². The summed E-state index contributed by atoms with van der Waals surface area (Å²) in [5.41, 5.74) is 2.36. The minimum Gasteiger partial charge on any atom is -0.379 e. The van der Waals surface area contributed by atoms with Gasteiger partial charge in [-0.05, 0) is 29.3 Å². The van der Waals surface area contributed by atoms with Gasteiger partial charge in [0.1, 0.15) is 6.54 Å². The van der Waals surface area contributed by atoms with Gasteiger partial charge in [0.25, 0.3) is 0 Å². The van der Waals surface area contributed by atoms with Gasteiger partial charge < -0.3 is 10.1 Å². The molecule has 0 aromatic heterocycles. The topological polar surface area (TPSA) is 79.0 Å². The van der Waals surface area contributed by atoms with E-state index in [9.17, 15) is 13.2 Å². The summed E-state index contributed by atoms with van der Waals surface area (Å²) in [6.07, 6.45) is 1.03. The summed E-state index contributed by atoms with van der Waals surface area (Å²) in [5, 5.41) is 3.34. The SMILES string of the molecule is CS(=O)(=O)N(CC(=O)NCc1ccc(CN2CCOCC2)cc1)c1cc(Cl)cc(Cl)c1. The van der Waals surface area contributed by atoms with E-state index in [1.807, 2.05) is 24.3 Å². The van der Waals surface area contributed by atoms with Crippen LogP contribution in [0, 0.1) is 0 Å². The molecule has 10 heteroatoms. The quantitative estimate of drug-likeness (QED) is 0.621. The van der Waals surface area contributed by atoms with Crippen molar-refractivity contribution in [2.45, 2.75) is 13.1 Å². The summed E-state index contributed by atoms with van der Waals surface area (Å²) < 4.78 is 30.8. The third-order valence-corrected chi connectivity index (χ3v) is 6.42. The molecule has 0 bridgehead atoms. The molecule has 0 saturated carbocycles. The first kappa shape index (κ1) is 23.8. The van der Waals surface area contributed by atoms with Crippen molar-refractivity contribution in [2.24, 2.45) is 0 Å². The largest absolute Gasteiger partial charge is 0.379 e. The molecule has 1 N–H and O–H groups in total. The summed E-state index contributed by atoms with van der Waals surface area (Å²) in [6.45, 7) is 4.15. The van der Waals surface area contributed by atoms with E-state index in [-0.39, 0.29) is 22.3 Å². The van der Waals surface area contributed by atoms with E-state index in [1.54, 1.807) is 0 Å². The Labute approximate surface area is 192 Å². The molecule has 7 nitrogen and oxygen atoms in total. The maximum Gasteiger partial charge on any atom is 0.241 e. The molecule has 1 fully saturated rings. The van der Waals surface area contributed by atoms with Crippen molar-refractivity contribution in [3.8, 4) is 0 Å². The number of anilines is 1. The molecular formula is C21H25Cl2N3O4S. The molecule has 2 aromatic carbocycles. The van der Waals surface area contributed by atoms with Crippen molar-refractivity contribution in [3.63, 3.8) is 0 Å². The van der Waals surface area contributed by atoms with Crippen LogP contribution in [0.5, 0.6) is 0 Å². The zero-order valence-electron chi connectivity index (χ0n) is 17.2. The van der Waals surface area contributed by atoms with Crippen LogP contribution in [-0.2, 0) is 32.6 Å². The second kappa shape index (κ2) is 10.7. The van der Waals surface area contributed by atoms with E-state index in [4.69, 9.17) is 27.9 Å². The van der Waals surface area contributed by atoms with Crippen molar-refractivity contribution >= 4 is 44.8 Å². The number of rotatable bonds is 8. The smallest absolute Gasteiger partial charge is 0.241 e. The van der Waals surface area contributed by atoms with Gasteiger partial charge >= 0.3 is 0 Å². The molecule has 0 atom stereocenters. The predicted molar refractivity (Wildman–Crippen MR) is 123 cm³/mol. The number of nitrogens with one attached hydrogen (secondary N) is 1. The van der Waals surface area contributed by atoms with Crippen LogP contribution in [0.1, 0.15) is 11.1 Å². The second-order valence-corrected chi connectivity index (χ2v) is 10.2. The zero-order valence-corrected chi connectivity index (χ0v) is 19.5.